The van der Waals surface area contributed by atoms with E-state index in [0.29, 0.717) is 0 Å². The van der Waals surface area contributed by atoms with Crippen LogP contribution in [0.1, 0.15) is 38.5 Å². The zero-order valence-electron chi connectivity index (χ0n) is 10.7. The first kappa shape index (κ1) is 12.6. The lowest BCUT2D eigenvalue weighted by atomic mass is 9.95. The fourth-order valence-corrected chi connectivity index (χ4v) is 4.23. The molecule has 1 saturated carbocycles. The smallest absolute Gasteiger partial charge is 0.0603 e. The number of hydrogen-bond acceptors (Lipinski definition) is 2. The molecule has 1 aliphatic carbocycles. The summed E-state index contributed by atoms with van der Waals surface area (Å²) in [5, 5.41) is 0. The van der Waals surface area contributed by atoms with Crippen LogP contribution in [0.15, 0.2) is 18.2 Å². The van der Waals surface area contributed by atoms with Crippen LogP contribution < -0.4 is 10.6 Å². The van der Waals surface area contributed by atoms with Gasteiger partial charge in [-0.25, -0.2) is 0 Å². The highest BCUT2D eigenvalue weighted by atomic mass is 127. The quantitative estimate of drug-likeness (QED) is 0.640. The third-order valence-electron chi connectivity index (χ3n) is 4.54. The number of halogens is 1. The number of hydrogen-bond donors (Lipinski definition) is 1. The summed E-state index contributed by atoms with van der Waals surface area (Å²) in [5.74, 6) is 0.908. The fourth-order valence-electron chi connectivity index (χ4n) is 3.71. The Balaban J connectivity index is 1.85. The minimum absolute atomic E-state index is 0.745. The molecule has 1 unspecified atom stereocenters. The minimum Gasteiger partial charge on any atom is -0.397 e. The molecule has 2 aliphatic rings. The summed E-state index contributed by atoms with van der Waals surface area (Å²) in [6.45, 7) is 1.19. The van der Waals surface area contributed by atoms with Crippen molar-refractivity contribution in [2.75, 3.05) is 17.2 Å². The number of nitrogens with zero attached hydrogens (tertiary/aromatic N) is 1. The average Bonchev–Trinajstić information content (AvgIpc) is 2.98. The first-order chi connectivity index (χ1) is 8.75. The first-order valence-corrected chi connectivity index (χ1v) is 8.15. The molecule has 98 valence electrons. The van der Waals surface area contributed by atoms with Crippen molar-refractivity contribution < 1.29 is 0 Å². The SMILES string of the molecule is Nc1cc(I)ccc1N1CCCC1C1CCCC1. The van der Waals surface area contributed by atoms with Crippen molar-refractivity contribution in [1.82, 2.24) is 0 Å². The highest BCUT2D eigenvalue weighted by Gasteiger charge is 2.33. The molecule has 18 heavy (non-hydrogen) atoms. The third kappa shape index (κ3) is 2.33. The van der Waals surface area contributed by atoms with Gasteiger partial charge in [0.1, 0.15) is 0 Å². The zero-order valence-corrected chi connectivity index (χ0v) is 12.9. The van der Waals surface area contributed by atoms with Crippen molar-refractivity contribution in [2.45, 2.75) is 44.6 Å². The van der Waals surface area contributed by atoms with Gasteiger partial charge in [-0.05, 0) is 72.4 Å². The van der Waals surface area contributed by atoms with Crippen LogP contribution in [0.5, 0.6) is 0 Å². The van der Waals surface area contributed by atoms with E-state index in [1.165, 1.54) is 54.3 Å². The molecule has 3 rings (SSSR count). The van der Waals surface area contributed by atoms with Crippen LogP contribution in [0.3, 0.4) is 0 Å². The van der Waals surface area contributed by atoms with Crippen LogP contribution >= 0.6 is 22.6 Å². The van der Waals surface area contributed by atoms with E-state index in [9.17, 15) is 0 Å². The summed E-state index contributed by atoms with van der Waals surface area (Å²) in [6, 6.07) is 7.23. The second-order valence-corrected chi connectivity index (χ2v) is 6.90. The lowest BCUT2D eigenvalue weighted by molar-refractivity contribution is 0.431. The topological polar surface area (TPSA) is 29.3 Å². The maximum Gasteiger partial charge on any atom is 0.0603 e. The Labute approximate surface area is 123 Å². The number of nitrogens with two attached hydrogens (primary N) is 1. The van der Waals surface area contributed by atoms with Crippen molar-refractivity contribution in [3.63, 3.8) is 0 Å². The van der Waals surface area contributed by atoms with E-state index in [1.807, 2.05) is 0 Å². The van der Waals surface area contributed by atoms with Gasteiger partial charge in [-0.15, -0.1) is 0 Å². The number of nitrogen functional groups attached to an aromatic ring is 1. The third-order valence-corrected chi connectivity index (χ3v) is 5.21. The van der Waals surface area contributed by atoms with Gasteiger partial charge in [0.25, 0.3) is 0 Å². The molecule has 1 heterocycles. The fraction of sp³-hybridized carbons (Fsp3) is 0.600. The van der Waals surface area contributed by atoms with E-state index in [-0.39, 0.29) is 0 Å². The van der Waals surface area contributed by atoms with Gasteiger partial charge in [0.15, 0.2) is 0 Å². The van der Waals surface area contributed by atoms with Gasteiger partial charge in [-0.1, -0.05) is 12.8 Å². The Bertz CT molecular complexity index is 427. The predicted octanol–water partition coefficient (Wildman–Crippen LogP) is 4.03. The molecule has 0 spiro atoms. The van der Waals surface area contributed by atoms with Crippen LogP contribution in [0.2, 0.25) is 0 Å². The van der Waals surface area contributed by atoms with Crippen molar-refractivity contribution in [2.24, 2.45) is 5.92 Å². The second kappa shape index (κ2) is 5.27. The van der Waals surface area contributed by atoms with E-state index in [0.717, 1.165) is 17.6 Å². The number of benzene rings is 1. The Morgan fingerprint density at radius 2 is 1.89 bits per heavy atom. The monoisotopic (exact) mass is 356 g/mol. The molecule has 3 heteroatoms. The maximum atomic E-state index is 6.22. The lowest BCUT2D eigenvalue weighted by Crippen LogP contribution is -2.35. The van der Waals surface area contributed by atoms with Gasteiger partial charge in [-0.2, -0.15) is 0 Å². The summed E-state index contributed by atoms with van der Waals surface area (Å²) >= 11 is 2.33. The van der Waals surface area contributed by atoms with Crippen molar-refractivity contribution in [1.29, 1.82) is 0 Å². The molecule has 2 nitrogen and oxygen atoms in total. The normalized spacial score (nSPS) is 24.9. The van der Waals surface area contributed by atoms with Crippen molar-refractivity contribution in [3.8, 4) is 0 Å². The molecular weight excluding hydrogens is 335 g/mol. The second-order valence-electron chi connectivity index (χ2n) is 5.65. The summed E-state index contributed by atoms with van der Waals surface area (Å²) in [6.07, 6.45) is 8.38. The van der Waals surface area contributed by atoms with Crippen LogP contribution in [0, 0.1) is 9.49 Å². The maximum absolute atomic E-state index is 6.22. The molecule has 1 aromatic carbocycles. The van der Waals surface area contributed by atoms with Gasteiger partial charge < -0.3 is 10.6 Å². The van der Waals surface area contributed by atoms with E-state index in [2.05, 4.69) is 45.7 Å². The van der Waals surface area contributed by atoms with Crippen LogP contribution in [0.4, 0.5) is 11.4 Å². The standard InChI is InChI=1S/C15H21IN2/c16-12-7-8-15(13(17)10-12)18-9-3-6-14(18)11-4-1-2-5-11/h7-8,10-11,14H,1-6,9,17H2. The van der Waals surface area contributed by atoms with Gasteiger partial charge in [0, 0.05) is 16.2 Å². The van der Waals surface area contributed by atoms with Crippen molar-refractivity contribution >= 4 is 34.0 Å². The molecule has 1 aromatic rings. The molecule has 1 atom stereocenters. The molecule has 1 aliphatic heterocycles. The largest absolute Gasteiger partial charge is 0.397 e. The number of rotatable bonds is 2. The Kier molecular flexibility index (Phi) is 3.68. The molecular formula is C15H21IN2. The first-order valence-electron chi connectivity index (χ1n) is 7.07. The molecule has 1 saturated heterocycles. The molecule has 0 bridgehead atoms. The van der Waals surface area contributed by atoms with Crippen molar-refractivity contribution in [3.05, 3.63) is 21.8 Å². The van der Waals surface area contributed by atoms with Gasteiger partial charge in [0.05, 0.1) is 11.4 Å². The summed E-state index contributed by atoms with van der Waals surface area (Å²) in [5.41, 5.74) is 8.43. The minimum atomic E-state index is 0.745. The van der Waals surface area contributed by atoms with Crippen LogP contribution in [-0.2, 0) is 0 Å². The van der Waals surface area contributed by atoms with E-state index in [1.54, 1.807) is 0 Å². The summed E-state index contributed by atoms with van der Waals surface area (Å²) < 4.78 is 1.23. The molecule has 0 amide bonds. The highest BCUT2D eigenvalue weighted by Crippen LogP contribution is 2.39. The van der Waals surface area contributed by atoms with Gasteiger partial charge in [-0.3, -0.25) is 0 Å². The number of anilines is 2. The molecule has 0 radical (unpaired) electrons. The molecule has 2 N–H and O–H groups in total. The van der Waals surface area contributed by atoms with Crippen LogP contribution in [0.25, 0.3) is 0 Å². The average molecular weight is 356 g/mol. The van der Waals surface area contributed by atoms with E-state index < -0.39 is 0 Å². The van der Waals surface area contributed by atoms with E-state index in [4.69, 9.17) is 5.73 Å². The highest BCUT2D eigenvalue weighted by molar-refractivity contribution is 14.1. The Morgan fingerprint density at radius 3 is 2.61 bits per heavy atom. The molecule has 2 fully saturated rings. The Hall–Kier alpha value is -0.450. The summed E-state index contributed by atoms with van der Waals surface area (Å²) in [4.78, 5) is 2.58. The van der Waals surface area contributed by atoms with Gasteiger partial charge >= 0.3 is 0 Å². The zero-order chi connectivity index (χ0) is 12.5. The van der Waals surface area contributed by atoms with E-state index >= 15 is 0 Å². The molecule has 0 aromatic heterocycles. The summed E-state index contributed by atoms with van der Waals surface area (Å²) in [7, 11) is 0. The lowest BCUT2D eigenvalue weighted by Gasteiger charge is -2.32. The Morgan fingerprint density at radius 1 is 1.11 bits per heavy atom. The van der Waals surface area contributed by atoms with Crippen LogP contribution in [-0.4, -0.2) is 12.6 Å². The van der Waals surface area contributed by atoms with Gasteiger partial charge in [0.2, 0.25) is 0 Å². The predicted molar refractivity (Wildman–Crippen MR) is 85.9 cm³/mol.